The van der Waals surface area contributed by atoms with Crippen LogP contribution in [0.1, 0.15) is 43.7 Å². The average Bonchev–Trinajstić information content (AvgIpc) is 3.37. The largest absolute Gasteiger partial charge is 0.444 e. The summed E-state index contributed by atoms with van der Waals surface area (Å²) in [5.41, 5.74) is 1.34. The van der Waals surface area contributed by atoms with Crippen molar-refractivity contribution in [3.05, 3.63) is 53.0 Å². The summed E-state index contributed by atoms with van der Waals surface area (Å²) in [5.74, 6) is 1.05. The van der Waals surface area contributed by atoms with E-state index in [4.69, 9.17) is 9.15 Å². The molecule has 0 saturated carbocycles. The van der Waals surface area contributed by atoms with E-state index in [1.54, 1.807) is 11.1 Å². The van der Waals surface area contributed by atoms with Gasteiger partial charge in [-0.1, -0.05) is 41.7 Å². The molecule has 2 amide bonds. The molecule has 2 aromatic heterocycles. The molecule has 32 heavy (non-hydrogen) atoms. The maximum atomic E-state index is 12.4. The second-order valence-corrected chi connectivity index (χ2v) is 9.66. The Morgan fingerprint density at radius 2 is 2.03 bits per heavy atom. The van der Waals surface area contributed by atoms with Gasteiger partial charge in [-0.2, -0.15) is 0 Å². The van der Waals surface area contributed by atoms with Gasteiger partial charge in [0.15, 0.2) is 16.8 Å². The van der Waals surface area contributed by atoms with Gasteiger partial charge in [-0.25, -0.2) is 14.8 Å². The number of hydrogen-bond donors (Lipinski definition) is 1. The molecule has 0 bridgehead atoms. The van der Waals surface area contributed by atoms with Crippen LogP contribution in [0, 0.1) is 0 Å². The highest BCUT2D eigenvalue weighted by atomic mass is 32.1. The molecule has 4 rings (SSSR count). The fourth-order valence-electron chi connectivity index (χ4n) is 3.30. The van der Waals surface area contributed by atoms with Crippen LogP contribution in [-0.2, 0) is 28.9 Å². The van der Waals surface area contributed by atoms with E-state index >= 15 is 0 Å². The van der Waals surface area contributed by atoms with Crippen LogP contribution in [0.5, 0.6) is 0 Å². The lowest BCUT2D eigenvalue weighted by Crippen LogP contribution is -2.39. The number of carbonyl (C=O) groups excluding carboxylic acids is 2. The van der Waals surface area contributed by atoms with E-state index in [-0.39, 0.29) is 18.4 Å². The Balaban J connectivity index is 1.30. The number of aryl methyl sites for hydroxylation is 1. The van der Waals surface area contributed by atoms with E-state index in [0.717, 1.165) is 16.1 Å². The van der Waals surface area contributed by atoms with Crippen molar-refractivity contribution in [3.8, 4) is 11.3 Å². The lowest BCUT2D eigenvalue weighted by Gasteiger charge is -2.29. The number of nitrogens with zero attached hydrogens (tertiary/aromatic N) is 3. The maximum Gasteiger partial charge on any atom is 0.410 e. The lowest BCUT2D eigenvalue weighted by molar-refractivity contribution is -0.116. The predicted octanol–water partition coefficient (Wildman–Crippen LogP) is 4.66. The number of ether oxygens (including phenoxy) is 1. The Kier molecular flexibility index (Phi) is 6.27. The summed E-state index contributed by atoms with van der Waals surface area (Å²) in [6.07, 6.45) is 2.62. The van der Waals surface area contributed by atoms with Crippen molar-refractivity contribution in [1.82, 2.24) is 14.9 Å². The summed E-state index contributed by atoms with van der Waals surface area (Å²) in [5, 5.41) is 3.40. The van der Waals surface area contributed by atoms with Crippen molar-refractivity contribution in [2.24, 2.45) is 0 Å². The summed E-state index contributed by atoms with van der Waals surface area (Å²) in [7, 11) is 0. The van der Waals surface area contributed by atoms with Crippen LogP contribution in [0.15, 0.2) is 40.9 Å². The number of hydrogen-bond acceptors (Lipinski definition) is 7. The third-order valence-corrected chi connectivity index (χ3v) is 5.80. The molecule has 0 spiro atoms. The molecule has 9 heteroatoms. The first-order valence-corrected chi connectivity index (χ1v) is 11.3. The molecule has 1 aliphatic rings. The topological polar surface area (TPSA) is 97.6 Å². The number of thiazole rings is 1. The Labute approximate surface area is 190 Å². The first kappa shape index (κ1) is 22.0. The molecule has 0 fully saturated rings. The van der Waals surface area contributed by atoms with Crippen LogP contribution in [-0.4, -0.2) is 39.0 Å². The molecular weight excluding hydrogens is 428 g/mol. The minimum atomic E-state index is -0.533. The van der Waals surface area contributed by atoms with Gasteiger partial charge in [-0.15, -0.1) is 0 Å². The van der Waals surface area contributed by atoms with Gasteiger partial charge in [0, 0.05) is 36.2 Å². The van der Waals surface area contributed by atoms with Gasteiger partial charge in [0.2, 0.25) is 5.91 Å². The van der Waals surface area contributed by atoms with Crippen molar-refractivity contribution in [2.45, 2.75) is 52.2 Å². The van der Waals surface area contributed by atoms with Crippen molar-refractivity contribution in [2.75, 3.05) is 11.9 Å². The third kappa shape index (κ3) is 5.53. The van der Waals surface area contributed by atoms with Gasteiger partial charge < -0.3 is 19.4 Å². The highest BCUT2D eigenvalue weighted by molar-refractivity contribution is 7.15. The average molecular weight is 455 g/mol. The summed E-state index contributed by atoms with van der Waals surface area (Å²) >= 11 is 1.39. The van der Waals surface area contributed by atoms with Crippen molar-refractivity contribution < 1.29 is 18.7 Å². The van der Waals surface area contributed by atoms with Crippen LogP contribution in [0.4, 0.5) is 9.93 Å². The molecule has 1 aromatic carbocycles. The number of amides is 2. The molecule has 1 aliphatic heterocycles. The first-order valence-electron chi connectivity index (χ1n) is 10.5. The number of oxazole rings is 1. The molecule has 0 saturated heterocycles. The zero-order chi connectivity index (χ0) is 22.7. The molecule has 1 N–H and O–H groups in total. The predicted molar refractivity (Wildman–Crippen MR) is 121 cm³/mol. The highest BCUT2D eigenvalue weighted by Crippen LogP contribution is 2.29. The molecular formula is C23H26N4O4S. The van der Waals surface area contributed by atoms with Crippen LogP contribution in [0.3, 0.4) is 0 Å². The summed E-state index contributed by atoms with van der Waals surface area (Å²) < 4.78 is 11.2. The van der Waals surface area contributed by atoms with Gasteiger partial charge in [0.25, 0.3) is 0 Å². The summed E-state index contributed by atoms with van der Waals surface area (Å²) in [4.78, 5) is 36.2. The Morgan fingerprint density at radius 3 is 2.78 bits per heavy atom. The van der Waals surface area contributed by atoms with E-state index in [1.807, 2.05) is 51.1 Å². The summed E-state index contributed by atoms with van der Waals surface area (Å²) in [6.45, 7) is 6.54. The van der Waals surface area contributed by atoms with Crippen molar-refractivity contribution in [1.29, 1.82) is 0 Å². The Hall–Kier alpha value is -3.20. The number of aromatic nitrogens is 2. The smallest absolute Gasteiger partial charge is 0.410 e. The van der Waals surface area contributed by atoms with Gasteiger partial charge in [0.05, 0.1) is 18.4 Å². The SMILES string of the molecule is CC(C)(C)OC(=O)N1CCc2nc(NC(=O)CCc3ncc(-c4ccccc4)o3)sc2C1. The third-order valence-electron chi connectivity index (χ3n) is 4.81. The molecule has 0 aliphatic carbocycles. The zero-order valence-corrected chi connectivity index (χ0v) is 19.2. The fourth-order valence-corrected chi connectivity index (χ4v) is 4.34. The van der Waals surface area contributed by atoms with Crippen LogP contribution in [0.25, 0.3) is 11.3 Å². The van der Waals surface area contributed by atoms with E-state index in [0.29, 0.717) is 42.7 Å². The number of rotatable bonds is 5. The van der Waals surface area contributed by atoms with Crippen LogP contribution in [0.2, 0.25) is 0 Å². The highest BCUT2D eigenvalue weighted by Gasteiger charge is 2.28. The molecule has 0 unspecified atom stereocenters. The fraction of sp³-hybridized carbons (Fsp3) is 0.391. The number of nitrogens with one attached hydrogen (secondary N) is 1. The second kappa shape index (κ2) is 9.12. The normalized spacial score (nSPS) is 13.5. The van der Waals surface area contributed by atoms with E-state index in [1.165, 1.54) is 11.3 Å². The molecule has 8 nitrogen and oxygen atoms in total. The number of anilines is 1. The maximum absolute atomic E-state index is 12.4. The van der Waals surface area contributed by atoms with E-state index < -0.39 is 5.60 Å². The van der Waals surface area contributed by atoms with Gasteiger partial charge in [-0.05, 0) is 20.8 Å². The molecule has 0 atom stereocenters. The summed E-state index contributed by atoms with van der Waals surface area (Å²) in [6, 6.07) is 9.71. The standard InChI is InChI=1S/C23H26N4O4S/c1-23(2,3)31-22(29)27-12-11-16-18(14-27)32-21(25-16)26-19(28)9-10-20-24-13-17(30-20)15-7-5-4-6-8-15/h4-8,13H,9-12,14H2,1-3H3,(H,25,26,28). The molecule has 3 heterocycles. The monoisotopic (exact) mass is 454 g/mol. The molecule has 168 valence electrons. The number of carbonyl (C=O) groups is 2. The quantitative estimate of drug-likeness (QED) is 0.602. The van der Waals surface area contributed by atoms with Gasteiger partial charge in [0.1, 0.15) is 5.60 Å². The minimum Gasteiger partial charge on any atom is -0.444 e. The molecule has 0 radical (unpaired) electrons. The Morgan fingerprint density at radius 1 is 1.25 bits per heavy atom. The van der Waals surface area contributed by atoms with E-state index in [9.17, 15) is 9.59 Å². The zero-order valence-electron chi connectivity index (χ0n) is 18.4. The first-order chi connectivity index (χ1) is 15.3. The Bertz CT molecular complexity index is 1100. The second-order valence-electron chi connectivity index (χ2n) is 8.57. The number of benzene rings is 1. The minimum absolute atomic E-state index is 0.153. The van der Waals surface area contributed by atoms with Crippen molar-refractivity contribution >= 4 is 28.5 Å². The molecule has 3 aromatic rings. The van der Waals surface area contributed by atoms with E-state index in [2.05, 4.69) is 15.3 Å². The van der Waals surface area contributed by atoms with Crippen LogP contribution < -0.4 is 5.32 Å². The van der Waals surface area contributed by atoms with Gasteiger partial charge in [-0.3, -0.25) is 4.79 Å². The van der Waals surface area contributed by atoms with Crippen molar-refractivity contribution in [3.63, 3.8) is 0 Å². The number of fused-ring (bicyclic) bond motifs is 1. The van der Waals surface area contributed by atoms with Crippen LogP contribution >= 0.6 is 11.3 Å². The van der Waals surface area contributed by atoms with Gasteiger partial charge >= 0.3 is 6.09 Å². The lowest BCUT2D eigenvalue weighted by atomic mass is 10.2.